The Kier molecular flexibility index (Phi) is 4.07. The summed E-state index contributed by atoms with van der Waals surface area (Å²) >= 11 is 0. The molecule has 0 aromatic heterocycles. The van der Waals surface area contributed by atoms with Crippen LogP contribution in [0.15, 0.2) is 30.3 Å². The summed E-state index contributed by atoms with van der Waals surface area (Å²) in [6.45, 7) is 1.72. The highest BCUT2D eigenvalue weighted by atomic mass is 16.6. The van der Waals surface area contributed by atoms with Crippen molar-refractivity contribution in [3.8, 4) is 0 Å². The molecule has 0 bridgehead atoms. The Morgan fingerprint density at radius 2 is 2.05 bits per heavy atom. The predicted molar refractivity (Wildman–Crippen MR) is 71.7 cm³/mol. The molecule has 1 N–H and O–H groups in total. The Hall–Kier alpha value is -1.59. The normalized spacial score (nSPS) is 17.6. The van der Waals surface area contributed by atoms with Crippen molar-refractivity contribution in [3.63, 3.8) is 0 Å². The van der Waals surface area contributed by atoms with Crippen molar-refractivity contribution in [1.82, 2.24) is 9.80 Å². The average Bonchev–Trinajstić information content (AvgIpc) is 2.35. The molecule has 1 aromatic carbocycles. The first kappa shape index (κ1) is 13.8. The smallest absolute Gasteiger partial charge is 0.409 e. The van der Waals surface area contributed by atoms with Gasteiger partial charge in [0.2, 0.25) is 0 Å². The summed E-state index contributed by atoms with van der Waals surface area (Å²) in [5, 5.41) is 10.1. The number of rotatable bonds is 4. The molecule has 5 heteroatoms. The lowest BCUT2D eigenvalue weighted by Crippen LogP contribution is -2.64. The summed E-state index contributed by atoms with van der Waals surface area (Å²) in [5.74, 6) is 0. The van der Waals surface area contributed by atoms with Crippen LogP contribution >= 0.6 is 0 Å². The monoisotopic (exact) mass is 264 g/mol. The summed E-state index contributed by atoms with van der Waals surface area (Å²) in [5.41, 5.74) is 0.154. The van der Waals surface area contributed by atoms with Gasteiger partial charge in [0.15, 0.2) is 0 Å². The van der Waals surface area contributed by atoms with Crippen LogP contribution in [-0.2, 0) is 11.3 Å². The van der Waals surface area contributed by atoms with E-state index in [9.17, 15) is 9.90 Å². The summed E-state index contributed by atoms with van der Waals surface area (Å²) in [6.07, 6.45) is -0.410. The number of hydrogen-bond acceptors (Lipinski definition) is 4. The highest BCUT2D eigenvalue weighted by Gasteiger charge is 2.40. The van der Waals surface area contributed by atoms with Crippen molar-refractivity contribution >= 4 is 6.09 Å². The van der Waals surface area contributed by atoms with Gasteiger partial charge in [-0.3, -0.25) is 0 Å². The molecule has 2 rings (SSSR count). The third-order valence-corrected chi connectivity index (χ3v) is 3.18. The topological polar surface area (TPSA) is 53.0 Å². The van der Waals surface area contributed by atoms with Crippen molar-refractivity contribution in [2.45, 2.75) is 12.2 Å². The fourth-order valence-electron chi connectivity index (χ4n) is 2.39. The van der Waals surface area contributed by atoms with Gasteiger partial charge in [-0.15, -0.1) is 0 Å². The molecule has 0 spiro atoms. The summed E-state index contributed by atoms with van der Waals surface area (Å²) < 4.78 is 5.19. The van der Waals surface area contributed by atoms with Crippen LogP contribution in [0.3, 0.4) is 0 Å². The number of amides is 1. The van der Waals surface area contributed by atoms with Crippen LogP contribution in [0.5, 0.6) is 0 Å². The van der Waals surface area contributed by atoms with Crippen LogP contribution in [0.25, 0.3) is 0 Å². The number of carbonyl (C=O) groups is 1. The lowest BCUT2D eigenvalue weighted by Gasteiger charge is -2.45. The average molecular weight is 264 g/mol. The van der Waals surface area contributed by atoms with Crippen molar-refractivity contribution in [2.75, 3.05) is 33.7 Å². The highest BCUT2D eigenvalue weighted by molar-refractivity contribution is 5.67. The van der Waals surface area contributed by atoms with Crippen LogP contribution in [-0.4, -0.2) is 60.3 Å². The molecule has 5 nitrogen and oxygen atoms in total. The maximum absolute atomic E-state index is 11.8. The van der Waals surface area contributed by atoms with Gasteiger partial charge in [0, 0.05) is 20.1 Å². The number of ether oxygens (including phenoxy) is 1. The minimum Gasteiger partial charge on any atom is -0.445 e. The van der Waals surface area contributed by atoms with Gasteiger partial charge in [0.25, 0.3) is 0 Å². The van der Waals surface area contributed by atoms with E-state index in [1.165, 1.54) is 4.90 Å². The minimum atomic E-state index is -0.796. The second-order valence-corrected chi connectivity index (χ2v) is 5.29. The highest BCUT2D eigenvalue weighted by Crippen LogP contribution is 2.19. The number of hydrogen-bond donors (Lipinski definition) is 1. The third-order valence-electron chi connectivity index (χ3n) is 3.18. The van der Waals surface area contributed by atoms with E-state index in [2.05, 4.69) is 0 Å². The summed E-state index contributed by atoms with van der Waals surface area (Å²) in [6, 6.07) is 9.53. The number of aliphatic hydroxyl groups is 1. The Labute approximate surface area is 113 Å². The first-order chi connectivity index (χ1) is 8.98. The van der Waals surface area contributed by atoms with Crippen molar-refractivity contribution < 1.29 is 14.6 Å². The molecule has 1 saturated heterocycles. The summed E-state index contributed by atoms with van der Waals surface area (Å²) in [7, 11) is 3.58. The van der Waals surface area contributed by atoms with Gasteiger partial charge in [0.05, 0.1) is 6.54 Å². The van der Waals surface area contributed by atoms with E-state index < -0.39 is 11.7 Å². The largest absolute Gasteiger partial charge is 0.445 e. The number of nitrogens with zero attached hydrogens (tertiary/aromatic N) is 2. The molecule has 1 fully saturated rings. The molecule has 19 heavy (non-hydrogen) atoms. The molecule has 1 aliphatic rings. The standard InChI is InChI=1S/C14H20N2O3/c1-15-9-14(18,10-15)11-16(2)13(17)19-8-12-6-4-3-5-7-12/h3-7,18H,8-11H2,1-2H3. The molecule has 0 saturated carbocycles. The number of likely N-dealkylation sites (N-methyl/N-ethyl adjacent to an activating group) is 2. The van der Waals surface area contributed by atoms with E-state index in [0.29, 0.717) is 19.6 Å². The van der Waals surface area contributed by atoms with Crippen LogP contribution < -0.4 is 0 Å². The van der Waals surface area contributed by atoms with Gasteiger partial charge < -0.3 is 19.6 Å². The van der Waals surface area contributed by atoms with Gasteiger partial charge in [-0.25, -0.2) is 4.79 Å². The molecule has 1 amide bonds. The van der Waals surface area contributed by atoms with Gasteiger partial charge in [-0.2, -0.15) is 0 Å². The fourth-order valence-corrected chi connectivity index (χ4v) is 2.39. The van der Waals surface area contributed by atoms with E-state index in [1.54, 1.807) is 7.05 Å². The predicted octanol–water partition coefficient (Wildman–Crippen LogP) is 0.931. The second-order valence-electron chi connectivity index (χ2n) is 5.29. The quantitative estimate of drug-likeness (QED) is 0.879. The number of benzene rings is 1. The van der Waals surface area contributed by atoms with E-state index in [4.69, 9.17) is 4.74 Å². The SMILES string of the molecule is CN1CC(O)(CN(C)C(=O)OCc2ccccc2)C1. The molecule has 0 radical (unpaired) electrons. The molecule has 0 atom stereocenters. The van der Waals surface area contributed by atoms with Crippen LogP contribution in [0.1, 0.15) is 5.56 Å². The first-order valence-corrected chi connectivity index (χ1v) is 6.31. The van der Waals surface area contributed by atoms with Crippen LogP contribution in [0.2, 0.25) is 0 Å². The Morgan fingerprint density at radius 1 is 1.42 bits per heavy atom. The van der Waals surface area contributed by atoms with Crippen LogP contribution in [0.4, 0.5) is 4.79 Å². The maximum atomic E-state index is 11.8. The second kappa shape index (κ2) is 5.59. The van der Waals surface area contributed by atoms with E-state index in [1.807, 2.05) is 42.3 Å². The molecular formula is C14H20N2O3. The van der Waals surface area contributed by atoms with E-state index in [0.717, 1.165) is 5.56 Å². The molecule has 0 aliphatic carbocycles. The zero-order valence-electron chi connectivity index (χ0n) is 11.4. The Morgan fingerprint density at radius 3 is 2.63 bits per heavy atom. The lowest BCUT2D eigenvalue weighted by molar-refractivity contribution is -0.0981. The number of likely N-dealkylation sites (tertiary alicyclic amines) is 1. The van der Waals surface area contributed by atoms with Gasteiger partial charge in [0.1, 0.15) is 12.2 Å². The first-order valence-electron chi connectivity index (χ1n) is 6.31. The Bertz CT molecular complexity index is 430. The van der Waals surface area contributed by atoms with Gasteiger partial charge >= 0.3 is 6.09 Å². The Balaban J connectivity index is 1.77. The van der Waals surface area contributed by atoms with Gasteiger partial charge in [-0.1, -0.05) is 30.3 Å². The lowest BCUT2D eigenvalue weighted by atomic mass is 9.95. The third kappa shape index (κ3) is 3.68. The maximum Gasteiger partial charge on any atom is 0.409 e. The molecule has 1 aliphatic heterocycles. The minimum absolute atomic E-state index is 0.252. The molecular weight excluding hydrogens is 244 g/mol. The zero-order chi connectivity index (χ0) is 13.9. The van der Waals surface area contributed by atoms with Crippen molar-refractivity contribution in [2.24, 2.45) is 0 Å². The zero-order valence-corrected chi connectivity index (χ0v) is 11.4. The molecule has 0 unspecified atom stereocenters. The number of β-amino-alcohol motifs (C(OH)–C–C–N with tert-alkyl or cyclic N) is 1. The van der Waals surface area contributed by atoms with E-state index in [-0.39, 0.29) is 6.61 Å². The van der Waals surface area contributed by atoms with Crippen molar-refractivity contribution in [3.05, 3.63) is 35.9 Å². The van der Waals surface area contributed by atoms with Gasteiger partial charge in [-0.05, 0) is 12.6 Å². The van der Waals surface area contributed by atoms with Crippen molar-refractivity contribution in [1.29, 1.82) is 0 Å². The molecule has 1 aromatic rings. The van der Waals surface area contributed by atoms with E-state index >= 15 is 0 Å². The van der Waals surface area contributed by atoms with Crippen LogP contribution in [0, 0.1) is 0 Å². The molecule has 104 valence electrons. The molecule has 1 heterocycles. The summed E-state index contributed by atoms with van der Waals surface area (Å²) in [4.78, 5) is 15.2. The number of carbonyl (C=O) groups excluding carboxylic acids is 1. The fraction of sp³-hybridized carbons (Fsp3) is 0.500.